The zero-order chi connectivity index (χ0) is 23.3. The van der Waals surface area contributed by atoms with Gasteiger partial charge in [0.1, 0.15) is 0 Å². The molecule has 1 aliphatic rings. The van der Waals surface area contributed by atoms with E-state index in [1.807, 2.05) is 30.3 Å². The summed E-state index contributed by atoms with van der Waals surface area (Å²) in [6, 6.07) is 11.9. The third-order valence-corrected chi connectivity index (χ3v) is 5.30. The first-order valence-corrected chi connectivity index (χ1v) is 10.2. The van der Waals surface area contributed by atoms with Crippen LogP contribution in [0, 0.1) is 0 Å². The van der Waals surface area contributed by atoms with Crippen molar-refractivity contribution in [1.82, 2.24) is 10.2 Å². The summed E-state index contributed by atoms with van der Waals surface area (Å²) in [5.41, 5.74) is 2.41. The number of hydrogen-bond donors (Lipinski definition) is 1. The van der Waals surface area contributed by atoms with E-state index in [1.165, 1.54) is 26.2 Å². The van der Waals surface area contributed by atoms with Crippen LogP contribution < -0.4 is 19.5 Å². The molecule has 3 rings (SSSR count). The number of nitrogens with one attached hydrogen (secondary N) is 1. The lowest BCUT2D eigenvalue weighted by molar-refractivity contribution is -0.139. The van der Waals surface area contributed by atoms with Gasteiger partial charge in [-0.05, 0) is 37.1 Å². The molecule has 0 radical (unpaired) electrons. The van der Waals surface area contributed by atoms with E-state index < -0.39 is 12.0 Å². The normalized spacial score (nSPS) is 15.8. The molecule has 1 atom stereocenters. The van der Waals surface area contributed by atoms with Crippen molar-refractivity contribution in [2.24, 2.45) is 0 Å². The Labute approximate surface area is 187 Å². The molecule has 1 N–H and O–H groups in total. The first-order chi connectivity index (χ1) is 15.4. The Morgan fingerprint density at radius 1 is 1.03 bits per heavy atom. The van der Waals surface area contributed by atoms with Crippen molar-refractivity contribution in [3.63, 3.8) is 0 Å². The van der Waals surface area contributed by atoms with Crippen molar-refractivity contribution in [3.8, 4) is 17.2 Å². The molecule has 0 fully saturated rings. The molecule has 0 spiro atoms. The summed E-state index contributed by atoms with van der Waals surface area (Å²) in [5, 5.41) is 2.94. The largest absolute Gasteiger partial charge is 0.493 e. The van der Waals surface area contributed by atoms with Gasteiger partial charge in [0, 0.05) is 5.70 Å². The van der Waals surface area contributed by atoms with Crippen molar-refractivity contribution in [3.05, 3.63) is 64.9 Å². The monoisotopic (exact) mass is 440 g/mol. The fourth-order valence-corrected chi connectivity index (χ4v) is 3.73. The molecule has 2 aromatic carbocycles. The van der Waals surface area contributed by atoms with Gasteiger partial charge in [0.25, 0.3) is 0 Å². The van der Waals surface area contributed by atoms with E-state index in [2.05, 4.69) is 5.32 Å². The summed E-state index contributed by atoms with van der Waals surface area (Å²) >= 11 is 0. The summed E-state index contributed by atoms with van der Waals surface area (Å²) < 4.78 is 21.6. The third kappa shape index (κ3) is 4.49. The predicted molar refractivity (Wildman–Crippen MR) is 119 cm³/mol. The first-order valence-electron chi connectivity index (χ1n) is 10.2. The third-order valence-electron chi connectivity index (χ3n) is 5.30. The van der Waals surface area contributed by atoms with Crippen molar-refractivity contribution < 1.29 is 28.5 Å². The highest BCUT2D eigenvalue weighted by atomic mass is 16.5. The van der Waals surface area contributed by atoms with E-state index in [1.54, 1.807) is 26.0 Å². The molecule has 32 heavy (non-hydrogen) atoms. The van der Waals surface area contributed by atoms with Crippen LogP contribution >= 0.6 is 0 Å². The molecular formula is C24H28N2O6. The van der Waals surface area contributed by atoms with E-state index in [0.29, 0.717) is 40.6 Å². The number of esters is 1. The van der Waals surface area contributed by atoms with Crippen molar-refractivity contribution in [2.45, 2.75) is 26.4 Å². The van der Waals surface area contributed by atoms with Crippen LogP contribution in [0.4, 0.5) is 4.79 Å². The lowest BCUT2D eigenvalue weighted by atomic mass is 9.94. The first kappa shape index (κ1) is 23.0. The Morgan fingerprint density at radius 3 is 2.19 bits per heavy atom. The number of allylic oxidation sites excluding steroid dienone is 1. The Morgan fingerprint density at radius 2 is 1.66 bits per heavy atom. The summed E-state index contributed by atoms with van der Waals surface area (Å²) in [7, 11) is 4.53. The predicted octanol–water partition coefficient (Wildman–Crippen LogP) is 3.82. The van der Waals surface area contributed by atoms with E-state index in [-0.39, 0.29) is 12.6 Å². The lowest BCUT2D eigenvalue weighted by Crippen LogP contribution is -2.47. The Balaban J connectivity index is 2.11. The minimum atomic E-state index is -0.748. The minimum Gasteiger partial charge on any atom is -0.493 e. The van der Waals surface area contributed by atoms with Crippen LogP contribution in [0.5, 0.6) is 17.2 Å². The molecule has 2 amide bonds. The SMILES string of the molecule is CCOC(=O)C1=C(C)N(Cc2ccccc2)C(=O)N[C@H]1c1cc(OC)c(OC)c(OC)c1. The van der Waals surface area contributed by atoms with Gasteiger partial charge in [0.15, 0.2) is 11.5 Å². The molecule has 0 saturated heterocycles. The fourth-order valence-electron chi connectivity index (χ4n) is 3.73. The molecule has 0 aromatic heterocycles. The van der Waals surface area contributed by atoms with Crippen molar-refractivity contribution >= 4 is 12.0 Å². The lowest BCUT2D eigenvalue weighted by Gasteiger charge is -2.35. The summed E-state index contributed by atoms with van der Waals surface area (Å²) in [6.07, 6.45) is 0. The molecule has 8 heteroatoms. The number of amides is 2. The summed E-state index contributed by atoms with van der Waals surface area (Å²) in [6.45, 7) is 4.03. The molecule has 8 nitrogen and oxygen atoms in total. The van der Waals surface area contributed by atoms with E-state index in [4.69, 9.17) is 18.9 Å². The van der Waals surface area contributed by atoms with Crippen molar-refractivity contribution in [2.75, 3.05) is 27.9 Å². The number of ether oxygens (including phenoxy) is 4. The highest BCUT2D eigenvalue weighted by Gasteiger charge is 2.37. The van der Waals surface area contributed by atoms with Crippen LogP contribution in [-0.2, 0) is 16.1 Å². The molecule has 0 aliphatic carbocycles. The molecular weight excluding hydrogens is 412 g/mol. The maximum Gasteiger partial charge on any atom is 0.338 e. The second-order valence-corrected chi connectivity index (χ2v) is 7.13. The number of benzene rings is 2. The number of carbonyl (C=O) groups is 2. The average molecular weight is 440 g/mol. The molecule has 1 aliphatic heterocycles. The molecule has 2 aromatic rings. The number of methoxy groups -OCH3 is 3. The number of urea groups is 1. The minimum absolute atomic E-state index is 0.213. The smallest absolute Gasteiger partial charge is 0.338 e. The second kappa shape index (κ2) is 10.1. The van der Waals surface area contributed by atoms with E-state index in [9.17, 15) is 9.59 Å². The van der Waals surface area contributed by atoms with Gasteiger partial charge in [-0.3, -0.25) is 4.90 Å². The molecule has 170 valence electrons. The van der Waals surface area contributed by atoms with Gasteiger partial charge < -0.3 is 24.3 Å². The topological polar surface area (TPSA) is 86.3 Å². The van der Waals surface area contributed by atoms with Gasteiger partial charge in [0.2, 0.25) is 5.75 Å². The van der Waals surface area contributed by atoms with Crippen LogP contribution in [0.25, 0.3) is 0 Å². The Kier molecular flexibility index (Phi) is 7.25. The van der Waals surface area contributed by atoms with Gasteiger partial charge in [-0.25, -0.2) is 9.59 Å². The number of carbonyl (C=O) groups excluding carboxylic acids is 2. The van der Waals surface area contributed by atoms with Gasteiger partial charge >= 0.3 is 12.0 Å². The highest BCUT2D eigenvalue weighted by molar-refractivity contribution is 5.95. The highest BCUT2D eigenvalue weighted by Crippen LogP contribution is 2.42. The Bertz CT molecular complexity index is 993. The zero-order valence-corrected chi connectivity index (χ0v) is 18.9. The zero-order valence-electron chi connectivity index (χ0n) is 18.9. The van der Waals surface area contributed by atoms with Crippen LogP contribution in [0.2, 0.25) is 0 Å². The number of nitrogens with zero attached hydrogens (tertiary/aromatic N) is 1. The Hall–Kier alpha value is -3.68. The maximum atomic E-state index is 13.1. The fraction of sp³-hybridized carbons (Fsp3) is 0.333. The molecule has 0 bridgehead atoms. The molecule has 1 heterocycles. The van der Waals surface area contributed by atoms with Gasteiger partial charge in [0.05, 0.1) is 46.1 Å². The van der Waals surface area contributed by atoms with Crippen molar-refractivity contribution in [1.29, 1.82) is 0 Å². The standard InChI is InChI=1S/C24H28N2O6/c1-6-32-23(27)20-15(2)26(14-16-10-8-7-9-11-16)24(28)25-21(20)17-12-18(29-3)22(31-5)19(13-17)30-4/h7-13,21H,6,14H2,1-5H3,(H,25,28)/t21-/m0/s1. The summed E-state index contributed by atoms with van der Waals surface area (Å²) in [4.78, 5) is 27.6. The van der Waals surface area contributed by atoms with Crippen LogP contribution in [0.3, 0.4) is 0 Å². The summed E-state index contributed by atoms with van der Waals surface area (Å²) in [5.74, 6) is 0.763. The van der Waals surface area contributed by atoms with Gasteiger partial charge in [-0.1, -0.05) is 30.3 Å². The maximum absolute atomic E-state index is 13.1. The molecule has 0 saturated carbocycles. The second-order valence-electron chi connectivity index (χ2n) is 7.13. The van der Waals surface area contributed by atoms with Crippen LogP contribution in [0.15, 0.2) is 53.7 Å². The van der Waals surface area contributed by atoms with E-state index in [0.717, 1.165) is 5.56 Å². The van der Waals surface area contributed by atoms with Gasteiger partial charge in [-0.15, -0.1) is 0 Å². The number of rotatable bonds is 8. The van der Waals surface area contributed by atoms with Crippen LogP contribution in [0.1, 0.15) is 31.0 Å². The molecule has 0 unspecified atom stereocenters. The average Bonchev–Trinajstić information content (AvgIpc) is 2.81. The van der Waals surface area contributed by atoms with E-state index >= 15 is 0 Å². The van der Waals surface area contributed by atoms with Crippen LogP contribution in [-0.4, -0.2) is 44.8 Å². The van der Waals surface area contributed by atoms with Gasteiger partial charge in [-0.2, -0.15) is 0 Å². The number of hydrogen-bond acceptors (Lipinski definition) is 6. The quantitative estimate of drug-likeness (QED) is 0.628.